The lowest BCUT2D eigenvalue weighted by Crippen LogP contribution is -2.45. The molecule has 2 aliphatic rings. The molecule has 0 spiro atoms. The van der Waals surface area contributed by atoms with Crippen molar-refractivity contribution in [2.24, 2.45) is 0 Å². The molecule has 138 valence electrons. The third kappa shape index (κ3) is 4.53. The molecule has 5 heteroatoms. The Balaban J connectivity index is 1.54. The van der Waals surface area contributed by atoms with Crippen molar-refractivity contribution in [3.8, 4) is 11.5 Å². The number of Topliss-reactive ketones (excluding diaryl/α,β-unsaturated/α-hetero) is 1. The van der Waals surface area contributed by atoms with E-state index in [1.165, 1.54) is 18.4 Å². The summed E-state index contributed by atoms with van der Waals surface area (Å²) in [5.41, 5.74) is 1.18. The summed E-state index contributed by atoms with van der Waals surface area (Å²) in [6, 6.07) is 6.42. The average molecular weight is 347 g/mol. The number of carbonyl (C=O) groups is 1. The highest BCUT2D eigenvalue weighted by Gasteiger charge is 2.34. The molecule has 1 saturated heterocycles. The van der Waals surface area contributed by atoms with E-state index in [9.17, 15) is 4.79 Å². The summed E-state index contributed by atoms with van der Waals surface area (Å²) in [7, 11) is 3.30. The Kier molecular flexibility index (Phi) is 6.32. The molecule has 1 aromatic carbocycles. The summed E-state index contributed by atoms with van der Waals surface area (Å²) in [4.78, 5) is 13.9. The van der Waals surface area contributed by atoms with Crippen LogP contribution in [-0.2, 0) is 16.0 Å². The van der Waals surface area contributed by atoms with Crippen molar-refractivity contribution >= 4 is 5.78 Å². The van der Waals surface area contributed by atoms with E-state index in [1.54, 1.807) is 14.2 Å². The molecule has 0 unspecified atom stereocenters. The topological polar surface area (TPSA) is 48.0 Å². The lowest BCUT2D eigenvalue weighted by atomic mass is 9.91. The van der Waals surface area contributed by atoms with Gasteiger partial charge in [-0.2, -0.15) is 0 Å². The van der Waals surface area contributed by atoms with Crippen LogP contribution in [0.5, 0.6) is 11.5 Å². The van der Waals surface area contributed by atoms with E-state index in [0.717, 1.165) is 37.3 Å². The van der Waals surface area contributed by atoms with Gasteiger partial charge in [0.1, 0.15) is 5.78 Å². The maximum atomic E-state index is 11.6. The highest BCUT2D eigenvalue weighted by Crippen LogP contribution is 2.29. The van der Waals surface area contributed by atoms with Gasteiger partial charge in [0, 0.05) is 19.0 Å². The fourth-order valence-corrected chi connectivity index (χ4v) is 3.99. The first-order valence-electron chi connectivity index (χ1n) is 9.29. The molecule has 5 nitrogen and oxygen atoms in total. The van der Waals surface area contributed by atoms with Crippen molar-refractivity contribution in [3.63, 3.8) is 0 Å². The summed E-state index contributed by atoms with van der Waals surface area (Å²) in [6.07, 6.45) is 6.51. The fraction of sp³-hybridized carbons (Fsp3) is 0.650. The van der Waals surface area contributed by atoms with Crippen LogP contribution in [0.3, 0.4) is 0 Å². The van der Waals surface area contributed by atoms with Crippen molar-refractivity contribution < 1.29 is 19.0 Å². The molecule has 2 fully saturated rings. The number of methoxy groups -OCH3 is 2. The van der Waals surface area contributed by atoms with E-state index >= 15 is 0 Å². The molecule has 1 aliphatic carbocycles. The molecule has 0 N–H and O–H groups in total. The van der Waals surface area contributed by atoms with Gasteiger partial charge in [0.05, 0.1) is 33.5 Å². The maximum absolute atomic E-state index is 11.6. The highest BCUT2D eigenvalue weighted by atomic mass is 16.5. The Hall–Kier alpha value is -1.59. The molecule has 0 bridgehead atoms. The second-order valence-electron chi connectivity index (χ2n) is 6.96. The van der Waals surface area contributed by atoms with Gasteiger partial charge in [0.2, 0.25) is 0 Å². The van der Waals surface area contributed by atoms with Crippen LogP contribution < -0.4 is 9.47 Å². The van der Waals surface area contributed by atoms with Gasteiger partial charge in [-0.3, -0.25) is 9.69 Å². The zero-order chi connectivity index (χ0) is 17.6. The summed E-state index contributed by atoms with van der Waals surface area (Å²) in [5.74, 6) is 1.87. The van der Waals surface area contributed by atoms with E-state index in [2.05, 4.69) is 11.0 Å². The fourth-order valence-electron chi connectivity index (χ4n) is 3.99. The first kappa shape index (κ1) is 18.2. The van der Waals surface area contributed by atoms with Crippen LogP contribution >= 0.6 is 0 Å². The number of ketones is 1. The van der Waals surface area contributed by atoms with Crippen LogP contribution in [0, 0.1) is 0 Å². The lowest BCUT2D eigenvalue weighted by molar-refractivity contribution is -0.117. The minimum atomic E-state index is 0.250. The Morgan fingerprint density at radius 1 is 1.12 bits per heavy atom. The van der Waals surface area contributed by atoms with Gasteiger partial charge >= 0.3 is 0 Å². The van der Waals surface area contributed by atoms with E-state index in [1.807, 2.05) is 12.1 Å². The third-order valence-electron chi connectivity index (χ3n) is 5.36. The van der Waals surface area contributed by atoms with Crippen molar-refractivity contribution in [2.75, 3.05) is 33.9 Å². The summed E-state index contributed by atoms with van der Waals surface area (Å²) in [5, 5.41) is 0. The zero-order valence-corrected chi connectivity index (χ0v) is 15.3. The average Bonchev–Trinajstić information content (AvgIpc) is 3.08. The van der Waals surface area contributed by atoms with Gasteiger partial charge in [-0.1, -0.05) is 18.9 Å². The van der Waals surface area contributed by atoms with Gasteiger partial charge in [0.15, 0.2) is 11.5 Å². The summed E-state index contributed by atoms with van der Waals surface area (Å²) >= 11 is 0. The molecule has 0 radical (unpaired) electrons. The SMILES string of the molecule is COc1ccc(CCO[C@@H]2CCCC[C@@H]2N2CCC(=O)C2)cc1OC. The number of nitrogens with zero attached hydrogens (tertiary/aromatic N) is 1. The Morgan fingerprint density at radius 2 is 1.92 bits per heavy atom. The normalized spacial score (nSPS) is 24.5. The van der Waals surface area contributed by atoms with Gasteiger partial charge in [0.25, 0.3) is 0 Å². The molecule has 1 aliphatic heterocycles. The minimum Gasteiger partial charge on any atom is -0.493 e. The van der Waals surface area contributed by atoms with E-state index in [4.69, 9.17) is 14.2 Å². The monoisotopic (exact) mass is 347 g/mol. The van der Waals surface area contributed by atoms with Crippen LogP contribution in [0.25, 0.3) is 0 Å². The Morgan fingerprint density at radius 3 is 2.64 bits per heavy atom. The van der Waals surface area contributed by atoms with Crippen molar-refractivity contribution in [1.29, 1.82) is 0 Å². The van der Waals surface area contributed by atoms with Crippen molar-refractivity contribution in [1.82, 2.24) is 4.90 Å². The van der Waals surface area contributed by atoms with Crippen LogP contribution in [-0.4, -0.2) is 56.7 Å². The molecule has 3 rings (SSSR count). The molecule has 1 heterocycles. The molecular formula is C20H29NO4. The number of hydrogen-bond donors (Lipinski definition) is 0. The van der Waals surface area contributed by atoms with E-state index in [0.29, 0.717) is 31.4 Å². The number of ether oxygens (including phenoxy) is 3. The largest absolute Gasteiger partial charge is 0.493 e. The highest BCUT2D eigenvalue weighted by molar-refractivity contribution is 5.82. The quantitative estimate of drug-likeness (QED) is 0.759. The molecule has 1 saturated carbocycles. The first-order chi connectivity index (χ1) is 12.2. The Bertz CT molecular complexity index is 589. The van der Waals surface area contributed by atoms with Crippen LogP contribution in [0.1, 0.15) is 37.7 Å². The van der Waals surface area contributed by atoms with Gasteiger partial charge in [-0.25, -0.2) is 0 Å². The second kappa shape index (κ2) is 8.68. The lowest BCUT2D eigenvalue weighted by Gasteiger charge is -2.37. The third-order valence-corrected chi connectivity index (χ3v) is 5.36. The van der Waals surface area contributed by atoms with E-state index < -0.39 is 0 Å². The predicted molar refractivity (Wildman–Crippen MR) is 96.4 cm³/mol. The standard InChI is InChI=1S/C20H29NO4/c1-23-19-8-7-15(13-20(19)24-2)10-12-25-18-6-4-3-5-17(18)21-11-9-16(22)14-21/h7-8,13,17-18H,3-6,9-12,14H2,1-2H3/t17-,18+/m0/s1. The van der Waals surface area contributed by atoms with Crippen molar-refractivity contribution in [3.05, 3.63) is 23.8 Å². The molecular weight excluding hydrogens is 318 g/mol. The first-order valence-corrected chi connectivity index (χ1v) is 9.29. The summed E-state index contributed by atoms with van der Waals surface area (Å²) in [6.45, 7) is 2.21. The van der Waals surface area contributed by atoms with E-state index in [-0.39, 0.29) is 6.10 Å². The second-order valence-corrected chi connectivity index (χ2v) is 6.96. The maximum Gasteiger partial charge on any atom is 0.160 e. The molecule has 0 aromatic heterocycles. The molecule has 1 aromatic rings. The van der Waals surface area contributed by atoms with Crippen molar-refractivity contribution in [2.45, 2.75) is 50.7 Å². The van der Waals surface area contributed by atoms with Gasteiger partial charge in [-0.15, -0.1) is 0 Å². The zero-order valence-electron chi connectivity index (χ0n) is 15.3. The molecule has 2 atom stereocenters. The van der Waals surface area contributed by atoms with Crippen LogP contribution in [0.2, 0.25) is 0 Å². The minimum absolute atomic E-state index is 0.250. The van der Waals surface area contributed by atoms with Crippen LogP contribution in [0.15, 0.2) is 18.2 Å². The van der Waals surface area contributed by atoms with Crippen LogP contribution in [0.4, 0.5) is 0 Å². The van der Waals surface area contributed by atoms with Gasteiger partial charge < -0.3 is 14.2 Å². The number of benzene rings is 1. The summed E-state index contributed by atoms with van der Waals surface area (Å²) < 4.78 is 16.9. The number of rotatable bonds is 7. The smallest absolute Gasteiger partial charge is 0.160 e. The predicted octanol–water partition coefficient (Wildman–Crippen LogP) is 2.85. The Labute approximate surface area is 150 Å². The number of hydrogen-bond acceptors (Lipinski definition) is 5. The molecule has 0 amide bonds. The molecule has 25 heavy (non-hydrogen) atoms. The number of likely N-dealkylation sites (tertiary alicyclic amines) is 1. The van der Waals surface area contributed by atoms with Gasteiger partial charge in [-0.05, 0) is 37.0 Å². The number of carbonyl (C=O) groups excluding carboxylic acids is 1.